The van der Waals surface area contributed by atoms with Gasteiger partial charge in [-0.3, -0.25) is 19.8 Å². The van der Waals surface area contributed by atoms with Gasteiger partial charge in [0.1, 0.15) is 4.32 Å². The number of benzene rings is 2. The molecule has 1 aliphatic heterocycles. The topological polar surface area (TPSA) is 102 Å². The number of ether oxygens (including phenoxy) is 1. The van der Waals surface area contributed by atoms with E-state index in [2.05, 4.69) is 5.32 Å². The summed E-state index contributed by atoms with van der Waals surface area (Å²) in [6.45, 7) is 2.07. The molecule has 1 amide bonds. The number of rotatable bonds is 7. The predicted octanol–water partition coefficient (Wildman–Crippen LogP) is 4.04. The van der Waals surface area contributed by atoms with Gasteiger partial charge >= 0.3 is 5.97 Å². The third-order valence-electron chi connectivity index (χ3n) is 4.13. The van der Waals surface area contributed by atoms with Crippen LogP contribution < -0.4 is 5.32 Å². The first-order valence-electron chi connectivity index (χ1n) is 8.90. The summed E-state index contributed by atoms with van der Waals surface area (Å²) in [6.07, 6.45) is 1.63. The molecule has 0 spiro atoms. The molecule has 10 heteroatoms. The molecular formula is C20H17N3O5S2. The zero-order chi connectivity index (χ0) is 21.7. The zero-order valence-corrected chi connectivity index (χ0v) is 17.5. The minimum absolute atomic E-state index is 0.0239. The van der Waals surface area contributed by atoms with Crippen LogP contribution in [0.15, 0.2) is 53.4 Å². The zero-order valence-electron chi connectivity index (χ0n) is 15.9. The molecular weight excluding hydrogens is 426 g/mol. The molecule has 154 valence electrons. The molecule has 2 aromatic rings. The second-order valence-electron chi connectivity index (χ2n) is 6.06. The average molecular weight is 444 g/mol. The Balaban J connectivity index is 1.72. The van der Waals surface area contributed by atoms with E-state index in [4.69, 9.17) is 17.0 Å². The number of thioether (sulfide) groups is 1. The Morgan fingerprint density at radius 1 is 1.27 bits per heavy atom. The summed E-state index contributed by atoms with van der Waals surface area (Å²) in [6, 6.07) is 12.7. The number of esters is 1. The third-order valence-corrected chi connectivity index (χ3v) is 5.50. The average Bonchev–Trinajstić information content (AvgIpc) is 3.00. The SMILES string of the molecule is CCOC(=O)c1ccccc1NCN1C(=O)C(=Cc2ccc([N+](=O)[O-])cc2)SC1=S. The van der Waals surface area contributed by atoms with E-state index in [-0.39, 0.29) is 24.9 Å². The van der Waals surface area contributed by atoms with Crippen LogP contribution in [0.2, 0.25) is 0 Å². The van der Waals surface area contributed by atoms with Crippen LogP contribution in [-0.2, 0) is 9.53 Å². The minimum atomic E-state index is -0.483. The number of para-hydroxylation sites is 1. The Kier molecular flexibility index (Phi) is 6.80. The molecule has 8 nitrogen and oxygen atoms in total. The van der Waals surface area contributed by atoms with Gasteiger partial charge in [0.2, 0.25) is 0 Å². The Bertz CT molecular complexity index is 1040. The first kappa shape index (κ1) is 21.5. The lowest BCUT2D eigenvalue weighted by molar-refractivity contribution is -0.384. The van der Waals surface area contributed by atoms with E-state index < -0.39 is 10.9 Å². The van der Waals surface area contributed by atoms with Crippen LogP contribution in [-0.4, -0.2) is 39.3 Å². The number of anilines is 1. The molecule has 0 aromatic heterocycles. The number of carbonyl (C=O) groups is 2. The molecule has 1 fully saturated rings. The highest BCUT2D eigenvalue weighted by Crippen LogP contribution is 2.32. The third kappa shape index (κ3) is 4.84. The Hall–Kier alpha value is -3.24. The number of nitrogens with one attached hydrogen (secondary N) is 1. The molecule has 0 atom stereocenters. The van der Waals surface area contributed by atoms with E-state index in [0.29, 0.717) is 26.0 Å². The summed E-state index contributed by atoms with van der Waals surface area (Å²) >= 11 is 6.46. The van der Waals surface area contributed by atoms with Crippen molar-refractivity contribution in [2.75, 3.05) is 18.6 Å². The molecule has 1 aliphatic rings. The van der Waals surface area contributed by atoms with E-state index in [1.165, 1.54) is 17.0 Å². The van der Waals surface area contributed by atoms with Gasteiger partial charge in [-0.2, -0.15) is 0 Å². The van der Waals surface area contributed by atoms with Crippen molar-refractivity contribution in [3.8, 4) is 0 Å². The number of hydrogen-bond donors (Lipinski definition) is 1. The molecule has 3 rings (SSSR count). The van der Waals surface area contributed by atoms with Crippen molar-refractivity contribution < 1.29 is 19.2 Å². The predicted molar refractivity (Wildman–Crippen MR) is 119 cm³/mol. The second-order valence-corrected chi connectivity index (χ2v) is 7.74. The first-order chi connectivity index (χ1) is 14.4. The van der Waals surface area contributed by atoms with Gasteiger partial charge in [-0.15, -0.1) is 0 Å². The van der Waals surface area contributed by atoms with Gasteiger partial charge in [0.05, 0.1) is 34.4 Å². The summed E-state index contributed by atoms with van der Waals surface area (Å²) in [5.41, 5.74) is 1.53. The van der Waals surface area contributed by atoms with Crippen LogP contribution in [0.4, 0.5) is 11.4 Å². The molecule has 0 bridgehead atoms. The monoisotopic (exact) mass is 443 g/mol. The van der Waals surface area contributed by atoms with Crippen molar-refractivity contribution in [2.24, 2.45) is 0 Å². The number of nitrogens with zero attached hydrogens (tertiary/aromatic N) is 2. The molecule has 0 saturated carbocycles. The van der Waals surface area contributed by atoms with Gasteiger partial charge in [0.25, 0.3) is 11.6 Å². The number of hydrogen-bond acceptors (Lipinski definition) is 8. The van der Waals surface area contributed by atoms with Crippen LogP contribution >= 0.6 is 24.0 Å². The van der Waals surface area contributed by atoms with E-state index in [1.807, 2.05) is 0 Å². The van der Waals surface area contributed by atoms with Crippen LogP contribution in [0.1, 0.15) is 22.8 Å². The van der Waals surface area contributed by atoms with Gasteiger partial charge in [-0.1, -0.05) is 36.1 Å². The van der Waals surface area contributed by atoms with Crippen LogP contribution in [0.3, 0.4) is 0 Å². The smallest absolute Gasteiger partial charge is 0.340 e. The summed E-state index contributed by atoms with van der Waals surface area (Å²) in [4.78, 5) is 36.9. The largest absolute Gasteiger partial charge is 0.462 e. The minimum Gasteiger partial charge on any atom is -0.462 e. The van der Waals surface area contributed by atoms with Crippen molar-refractivity contribution in [1.82, 2.24) is 4.90 Å². The van der Waals surface area contributed by atoms with Gasteiger partial charge in [0, 0.05) is 12.1 Å². The number of amides is 1. The lowest BCUT2D eigenvalue weighted by Gasteiger charge is -2.17. The van der Waals surface area contributed by atoms with Crippen molar-refractivity contribution in [2.45, 2.75) is 6.92 Å². The highest BCUT2D eigenvalue weighted by molar-refractivity contribution is 8.26. The van der Waals surface area contributed by atoms with Crippen molar-refractivity contribution in [1.29, 1.82) is 0 Å². The normalized spacial score (nSPS) is 14.8. The lowest BCUT2D eigenvalue weighted by Crippen LogP contribution is -2.33. The highest BCUT2D eigenvalue weighted by atomic mass is 32.2. The quantitative estimate of drug-likeness (QED) is 0.225. The summed E-state index contributed by atoms with van der Waals surface area (Å²) in [5, 5.41) is 13.8. The first-order valence-corrected chi connectivity index (χ1v) is 10.1. The van der Waals surface area contributed by atoms with Crippen molar-refractivity contribution in [3.05, 3.63) is 74.7 Å². The summed E-state index contributed by atoms with van der Waals surface area (Å²) < 4.78 is 5.42. The van der Waals surface area contributed by atoms with Crippen molar-refractivity contribution in [3.63, 3.8) is 0 Å². The van der Waals surface area contributed by atoms with E-state index in [9.17, 15) is 19.7 Å². The maximum atomic E-state index is 12.7. The van der Waals surface area contributed by atoms with Crippen LogP contribution in [0.25, 0.3) is 6.08 Å². The fraction of sp³-hybridized carbons (Fsp3) is 0.150. The second kappa shape index (κ2) is 9.51. The number of thiocarbonyl (C=S) groups is 1. The Morgan fingerprint density at radius 3 is 2.63 bits per heavy atom. The molecule has 30 heavy (non-hydrogen) atoms. The standard InChI is InChI=1S/C20H17N3O5S2/c1-2-28-19(25)15-5-3-4-6-16(15)21-12-22-18(24)17(30-20(22)29)11-13-7-9-14(10-8-13)23(26)27/h3-11,21H,2,12H2,1H3. The molecule has 0 unspecified atom stereocenters. The van der Waals surface area contributed by atoms with Gasteiger partial charge in [-0.05, 0) is 42.8 Å². The fourth-order valence-corrected chi connectivity index (χ4v) is 3.92. The maximum Gasteiger partial charge on any atom is 0.340 e. The van der Waals surface area contributed by atoms with E-state index in [1.54, 1.807) is 49.4 Å². The fourth-order valence-electron chi connectivity index (χ4n) is 2.67. The van der Waals surface area contributed by atoms with Gasteiger partial charge < -0.3 is 10.1 Å². The maximum absolute atomic E-state index is 12.7. The highest BCUT2D eigenvalue weighted by Gasteiger charge is 2.32. The molecule has 1 N–H and O–H groups in total. The lowest BCUT2D eigenvalue weighted by atomic mass is 10.2. The van der Waals surface area contributed by atoms with Gasteiger partial charge in [-0.25, -0.2) is 4.79 Å². The molecule has 1 saturated heterocycles. The molecule has 0 radical (unpaired) electrons. The van der Waals surface area contributed by atoms with Crippen molar-refractivity contribution >= 4 is 57.6 Å². The van der Waals surface area contributed by atoms with Crippen LogP contribution in [0, 0.1) is 10.1 Å². The summed E-state index contributed by atoms with van der Waals surface area (Å²) in [5.74, 6) is -0.742. The Morgan fingerprint density at radius 2 is 1.97 bits per heavy atom. The number of nitro benzene ring substituents is 1. The molecule has 0 aliphatic carbocycles. The summed E-state index contributed by atoms with van der Waals surface area (Å²) in [7, 11) is 0. The molecule has 2 aromatic carbocycles. The number of nitro groups is 1. The number of non-ortho nitro benzene ring substituents is 1. The Labute approximate surface area is 182 Å². The van der Waals surface area contributed by atoms with E-state index >= 15 is 0 Å². The van der Waals surface area contributed by atoms with E-state index in [0.717, 1.165) is 11.8 Å². The van der Waals surface area contributed by atoms with Crippen LogP contribution in [0.5, 0.6) is 0 Å². The molecule has 1 heterocycles. The number of carbonyl (C=O) groups excluding carboxylic acids is 2. The van der Waals surface area contributed by atoms with Gasteiger partial charge in [0.15, 0.2) is 0 Å².